The molecule has 0 aromatic heterocycles. The molecule has 0 bridgehead atoms. The molecule has 1 aromatic rings. The predicted octanol–water partition coefficient (Wildman–Crippen LogP) is 4.05. The van der Waals surface area contributed by atoms with Gasteiger partial charge in [0.15, 0.2) is 0 Å². The normalized spacial score (nSPS) is 20.7. The van der Waals surface area contributed by atoms with E-state index in [0.717, 1.165) is 31.2 Å². The van der Waals surface area contributed by atoms with E-state index in [1.54, 1.807) is 6.07 Å². The zero-order valence-electron chi connectivity index (χ0n) is 12.8. The highest BCUT2D eigenvalue weighted by Crippen LogP contribution is 2.39. The molecule has 0 heterocycles. The molecule has 0 spiro atoms. The van der Waals surface area contributed by atoms with Crippen molar-refractivity contribution >= 4 is 0 Å². The molecule has 0 saturated heterocycles. The van der Waals surface area contributed by atoms with Gasteiger partial charge in [0, 0.05) is 18.7 Å². The topological polar surface area (TPSA) is 32.3 Å². The fourth-order valence-electron chi connectivity index (χ4n) is 2.85. The first kappa shape index (κ1) is 16.4. The van der Waals surface area contributed by atoms with Crippen molar-refractivity contribution in [2.75, 3.05) is 6.54 Å². The molecule has 1 aromatic carbocycles. The summed E-state index contributed by atoms with van der Waals surface area (Å²) >= 11 is 0. The number of nitrogens with one attached hydrogen (secondary N) is 1. The van der Waals surface area contributed by atoms with E-state index < -0.39 is 12.0 Å². The second-order valence-electron chi connectivity index (χ2n) is 7.04. The number of rotatable bonds is 5. The van der Waals surface area contributed by atoms with E-state index in [2.05, 4.69) is 19.2 Å². The van der Waals surface area contributed by atoms with Gasteiger partial charge >= 0.3 is 0 Å². The highest BCUT2D eigenvalue weighted by atomic mass is 19.3. The van der Waals surface area contributed by atoms with Crippen molar-refractivity contribution < 1.29 is 13.9 Å². The van der Waals surface area contributed by atoms with Crippen LogP contribution in [0.25, 0.3) is 0 Å². The van der Waals surface area contributed by atoms with E-state index in [1.165, 1.54) is 12.1 Å². The smallest absolute Gasteiger partial charge is 0.263 e. The van der Waals surface area contributed by atoms with Crippen LogP contribution in [0.4, 0.5) is 8.78 Å². The molecule has 21 heavy (non-hydrogen) atoms. The van der Waals surface area contributed by atoms with Gasteiger partial charge in [-0.15, -0.1) is 0 Å². The molecular weight excluding hydrogens is 272 g/mol. The summed E-state index contributed by atoms with van der Waals surface area (Å²) in [6.07, 6.45) is 1.20. The van der Waals surface area contributed by atoms with Gasteiger partial charge in [0.2, 0.25) is 0 Å². The minimum atomic E-state index is -2.44. The van der Waals surface area contributed by atoms with Crippen LogP contribution < -0.4 is 5.32 Å². The average Bonchev–Trinajstić information content (AvgIpc) is 2.43. The van der Waals surface area contributed by atoms with Gasteiger partial charge in [-0.05, 0) is 42.7 Å². The zero-order valence-corrected chi connectivity index (χ0v) is 12.8. The molecule has 0 amide bonds. The van der Waals surface area contributed by atoms with Gasteiger partial charge in [0.25, 0.3) is 6.43 Å². The molecule has 2 N–H and O–H groups in total. The van der Waals surface area contributed by atoms with E-state index in [9.17, 15) is 13.9 Å². The van der Waals surface area contributed by atoms with Crippen LogP contribution in [-0.2, 0) is 6.54 Å². The Bertz CT molecular complexity index is 464. The molecule has 1 fully saturated rings. The summed E-state index contributed by atoms with van der Waals surface area (Å²) in [5.74, 6) is 0. The van der Waals surface area contributed by atoms with Crippen LogP contribution in [0, 0.1) is 5.41 Å². The van der Waals surface area contributed by atoms with Crippen molar-refractivity contribution in [1.29, 1.82) is 0 Å². The molecule has 1 saturated carbocycles. The maximum Gasteiger partial charge on any atom is 0.263 e. The number of hydrogen-bond acceptors (Lipinski definition) is 2. The van der Waals surface area contributed by atoms with Crippen LogP contribution in [0.1, 0.15) is 57.1 Å². The molecule has 0 radical (unpaired) electrons. The van der Waals surface area contributed by atoms with Gasteiger partial charge in [0.05, 0.1) is 5.60 Å². The molecule has 0 aliphatic heterocycles. The molecule has 1 aliphatic rings. The third-order valence-corrected chi connectivity index (χ3v) is 4.52. The molecule has 2 nitrogen and oxygen atoms in total. The van der Waals surface area contributed by atoms with Crippen LogP contribution >= 0.6 is 0 Å². The quantitative estimate of drug-likeness (QED) is 0.859. The largest absolute Gasteiger partial charge is 0.389 e. The lowest BCUT2D eigenvalue weighted by Crippen LogP contribution is -2.44. The summed E-state index contributed by atoms with van der Waals surface area (Å²) < 4.78 is 25.3. The Hall–Kier alpha value is -1.00. The number of alkyl halides is 2. The Kier molecular flexibility index (Phi) is 4.99. The van der Waals surface area contributed by atoms with Gasteiger partial charge in [-0.2, -0.15) is 0 Å². The third kappa shape index (κ3) is 4.75. The summed E-state index contributed by atoms with van der Waals surface area (Å²) in [6, 6.07) is 6.43. The van der Waals surface area contributed by atoms with Gasteiger partial charge in [-0.3, -0.25) is 0 Å². The van der Waals surface area contributed by atoms with Crippen molar-refractivity contribution in [3.05, 3.63) is 35.4 Å². The van der Waals surface area contributed by atoms with Crippen LogP contribution in [0.2, 0.25) is 0 Å². The van der Waals surface area contributed by atoms with Gasteiger partial charge in [-0.1, -0.05) is 32.0 Å². The first-order valence-corrected chi connectivity index (χ1v) is 7.60. The lowest BCUT2D eigenvalue weighted by molar-refractivity contribution is -0.0245. The molecule has 0 unspecified atom stereocenters. The molecular formula is C17H25F2NO. The summed E-state index contributed by atoms with van der Waals surface area (Å²) in [5, 5.41) is 13.8. The van der Waals surface area contributed by atoms with Crippen LogP contribution in [-0.4, -0.2) is 17.3 Å². The molecule has 2 rings (SSSR count). The lowest BCUT2D eigenvalue weighted by Gasteiger charge is -2.40. The number of aliphatic hydroxyl groups is 1. The van der Waals surface area contributed by atoms with Crippen LogP contribution in [0.15, 0.2) is 24.3 Å². The van der Waals surface area contributed by atoms with Crippen molar-refractivity contribution in [2.24, 2.45) is 5.41 Å². The maximum absolute atomic E-state index is 12.6. The van der Waals surface area contributed by atoms with Crippen molar-refractivity contribution in [1.82, 2.24) is 5.32 Å². The molecule has 118 valence electrons. The number of hydrogen-bond donors (Lipinski definition) is 2. The first-order valence-electron chi connectivity index (χ1n) is 7.60. The van der Waals surface area contributed by atoms with E-state index in [0.29, 0.717) is 18.5 Å². The van der Waals surface area contributed by atoms with Crippen molar-refractivity contribution in [3.8, 4) is 0 Å². The standard InChI is InChI=1S/C17H25F2NO/c1-16(2)6-8-17(21,9-7-16)12-20-11-13-4-3-5-14(10-13)15(18)19/h3-5,10,15,20-21H,6-9,11-12H2,1-2H3. The van der Waals surface area contributed by atoms with Crippen molar-refractivity contribution in [3.63, 3.8) is 0 Å². The lowest BCUT2D eigenvalue weighted by atomic mass is 9.71. The minimum Gasteiger partial charge on any atom is -0.389 e. The SMILES string of the molecule is CC1(C)CCC(O)(CNCc2cccc(C(F)F)c2)CC1. The van der Waals surface area contributed by atoms with E-state index in [1.807, 2.05) is 6.07 Å². The maximum atomic E-state index is 12.6. The molecule has 0 atom stereocenters. The van der Waals surface area contributed by atoms with Crippen LogP contribution in [0.5, 0.6) is 0 Å². The summed E-state index contributed by atoms with van der Waals surface area (Å²) in [7, 11) is 0. The Morgan fingerprint density at radius 2 is 1.86 bits per heavy atom. The van der Waals surface area contributed by atoms with Crippen LogP contribution in [0.3, 0.4) is 0 Å². The fourth-order valence-corrected chi connectivity index (χ4v) is 2.85. The zero-order chi connectivity index (χ0) is 15.5. The monoisotopic (exact) mass is 297 g/mol. The second kappa shape index (κ2) is 6.41. The molecule has 4 heteroatoms. The fraction of sp³-hybridized carbons (Fsp3) is 0.647. The highest BCUT2D eigenvalue weighted by molar-refractivity contribution is 5.24. The van der Waals surface area contributed by atoms with Gasteiger partial charge in [-0.25, -0.2) is 8.78 Å². The summed E-state index contributed by atoms with van der Waals surface area (Å²) in [6.45, 7) is 5.49. The number of halogens is 2. The minimum absolute atomic E-state index is 0.0485. The Balaban J connectivity index is 1.83. The highest BCUT2D eigenvalue weighted by Gasteiger charge is 2.36. The molecule has 1 aliphatic carbocycles. The Morgan fingerprint density at radius 3 is 2.48 bits per heavy atom. The van der Waals surface area contributed by atoms with Gasteiger partial charge < -0.3 is 10.4 Å². The Morgan fingerprint density at radius 1 is 1.19 bits per heavy atom. The van der Waals surface area contributed by atoms with E-state index >= 15 is 0 Å². The second-order valence-corrected chi connectivity index (χ2v) is 7.04. The summed E-state index contributed by atoms with van der Waals surface area (Å²) in [5.41, 5.74) is 0.535. The van der Waals surface area contributed by atoms with Gasteiger partial charge in [0.1, 0.15) is 0 Å². The Labute approximate surface area is 125 Å². The first-order chi connectivity index (χ1) is 9.80. The van der Waals surface area contributed by atoms with E-state index in [4.69, 9.17) is 0 Å². The third-order valence-electron chi connectivity index (χ3n) is 4.52. The average molecular weight is 297 g/mol. The number of benzene rings is 1. The predicted molar refractivity (Wildman–Crippen MR) is 80.3 cm³/mol. The summed E-state index contributed by atoms with van der Waals surface area (Å²) in [4.78, 5) is 0. The van der Waals surface area contributed by atoms with Crippen molar-refractivity contribution in [2.45, 2.75) is 58.1 Å². The van der Waals surface area contributed by atoms with E-state index in [-0.39, 0.29) is 5.56 Å².